The fourth-order valence-corrected chi connectivity index (χ4v) is 2.85. The molecule has 0 aliphatic carbocycles. The van der Waals surface area contributed by atoms with Gasteiger partial charge in [0.1, 0.15) is 18.2 Å². The number of carbonyl (C=O) groups is 1. The Morgan fingerprint density at radius 3 is 3.04 bits per heavy atom. The number of carbonyl (C=O) groups excluding carboxylic acids is 1. The van der Waals surface area contributed by atoms with Crippen molar-refractivity contribution >= 4 is 11.8 Å². The predicted molar refractivity (Wildman–Crippen MR) is 99.1 cm³/mol. The van der Waals surface area contributed by atoms with Crippen molar-refractivity contribution in [2.24, 2.45) is 0 Å². The lowest BCUT2D eigenvalue weighted by molar-refractivity contribution is 0.188. The first-order chi connectivity index (χ1) is 12.7. The molecule has 0 saturated heterocycles. The number of urea groups is 1. The van der Waals surface area contributed by atoms with Gasteiger partial charge in [-0.05, 0) is 36.2 Å². The Balaban J connectivity index is 1.52. The minimum absolute atomic E-state index is 0.0297. The molecule has 2 amide bonds. The monoisotopic (exact) mass is 356 g/mol. The van der Waals surface area contributed by atoms with E-state index in [9.17, 15) is 9.90 Å². The third-order valence-corrected chi connectivity index (χ3v) is 4.28. The second-order valence-electron chi connectivity index (χ2n) is 6.20. The third kappa shape index (κ3) is 4.43. The van der Waals surface area contributed by atoms with E-state index >= 15 is 0 Å². The molecule has 1 aromatic carbocycles. The Hall–Kier alpha value is -2.80. The van der Waals surface area contributed by atoms with Gasteiger partial charge in [-0.25, -0.2) is 9.78 Å². The molecule has 1 aromatic heterocycles. The number of aromatic nitrogens is 1. The van der Waals surface area contributed by atoms with Crippen LogP contribution in [0, 0.1) is 6.92 Å². The van der Waals surface area contributed by atoms with Gasteiger partial charge in [0.25, 0.3) is 0 Å². The lowest BCUT2D eigenvalue weighted by Gasteiger charge is -2.20. The first kappa shape index (κ1) is 18.0. The molecule has 0 unspecified atom stereocenters. The number of benzene rings is 1. The number of nitrogens with one attached hydrogen (secondary N) is 2. The summed E-state index contributed by atoms with van der Waals surface area (Å²) in [7, 11) is 0. The summed E-state index contributed by atoms with van der Waals surface area (Å²) in [5.41, 5.74) is 2.79. The van der Waals surface area contributed by atoms with E-state index in [2.05, 4.69) is 15.6 Å². The lowest BCUT2D eigenvalue weighted by Crippen LogP contribution is -2.42. The zero-order valence-corrected chi connectivity index (χ0v) is 14.9. The number of rotatable bonds is 5. The Labute approximate surface area is 153 Å². The van der Waals surface area contributed by atoms with Crippen molar-refractivity contribution in [3.8, 4) is 5.75 Å². The van der Waals surface area contributed by atoms with Gasteiger partial charge in [-0.1, -0.05) is 12.1 Å². The number of aliphatic hydroxyl groups excluding tert-OH is 1. The average molecular weight is 356 g/mol. The first-order valence-corrected chi connectivity index (χ1v) is 8.71. The van der Waals surface area contributed by atoms with E-state index in [1.165, 1.54) is 0 Å². The van der Waals surface area contributed by atoms with Gasteiger partial charge in [0.15, 0.2) is 0 Å². The predicted octanol–water partition coefficient (Wildman–Crippen LogP) is 1.90. The summed E-state index contributed by atoms with van der Waals surface area (Å²) in [4.78, 5) is 18.4. The van der Waals surface area contributed by atoms with Gasteiger partial charge in [-0.15, -0.1) is 0 Å². The summed E-state index contributed by atoms with van der Waals surface area (Å²) in [6.45, 7) is 4.48. The van der Waals surface area contributed by atoms with Gasteiger partial charge in [0.05, 0.1) is 19.7 Å². The highest BCUT2D eigenvalue weighted by atomic mass is 16.5. The van der Waals surface area contributed by atoms with Gasteiger partial charge in [0.2, 0.25) is 0 Å². The topological polar surface area (TPSA) is 86.7 Å². The van der Waals surface area contributed by atoms with Crippen LogP contribution in [-0.4, -0.2) is 47.3 Å². The highest BCUT2D eigenvalue weighted by Gasteiger charge is 2.19. The molecule has 7 heteroatoms. The van der Waals surface area contributed by atoms with Gasteiger partial charge in [0, 0.05) is 24.8 Å². The largest absolute Gasteiger partial charge is 0.491 e. The molecule has 2 heterocycles. The summed E-state index contributed by atoms with van der Waals surface area (Å²) in [5, 5.41) is 15.4. The molecule has 2 aromatic rings. The Kier molecular flexibility index (Phi) is 5.91. The number of hydrogen-bond acceptors (Lipinski definition) is 5. The van der Waals surface area contributed by atoms with Crippen LogP contribution >= 0.6 is 0 Å². The molecule has 0 fully saturated rings. The lowest BCUT2D eigenvalue weighted by atomic mass is 10.1. The Bertz CT molecular complexity index is 766. The van der Waals surface area contributed by atoms with Crippen molar-refractivity contribution < 1.29 is 14.6 Å². The van der Waals surface area contributed by atoms with Crippen molar-refractivity contribution in [3.05, 3.63) is 53.2 Å². The molecule has 1 aliphatic rings. The first-order valence-electron chi connectivity index (χ1n) is 8.71. The van der Waals surface area contributed by atoms with E-state index in [0.29, 0.717) is 32.8 Å². The number of pyridine rings is 1. The maximum atomic E-state index is 12.5. The van der Waals surface area contributed by atoms with Crippen LogP contribution in [0.2, 0.25) is 0 Å². The fraction of sp³-hybridized carbons (Fsp3) is 0.368. The van der Waals surface area contributed by atoms with E-state index in [1.54, 1.807) is 11.1 Å². The van der Waals surface area contributed by atoms with Crippen molar-refractivity contribution in [1.82, 2.24) is 15.2 Å². The molecular weight excluding hydrogens is 332 g/mol. The summed E-state index contributed by atoms with van der Waals surface area (Å²) in [6, 6.07) is 9.32. The van der Waals surface area contributed by atoms with Gasteiger partial charge < -0.3 is 25.4 Å². The average Bonchev–Trinajstić information content (AvgIpc) is 2.88. The van der Waals surface area contributed by atoms with Crippen molar-refractivity contribution in [2.75, 3.05) is 31.6 Å². The van der Waals surface area contributed by atoms with E-state index in [1.807, 2.05) is 37.3 Å². The maximum absolute atomic E-state index is 12.5. The highest BCUT2D eigenvalue weighted by molar-refractivity contribution is 5.74. The molecule has 3 rings (SSSR count). The molecule has 3 N–H and O–H groups in total. The second-order valence-corrected chi connectivity index (χ2v) is 6.20. The molecule has 138 valence electrons. The van der Waals surface area contributed by atoms with Gasteiger partial charge >= 0.3 is 6.03 Å². The van der Waals surface area contributed by atoms with Crippen LogP contribution in [0.3, 0.4) is 0 Å². The standard InChI is InChI=1S/C19H24N4O3/c1-14-3-2-6-20-18(14)21-7-8-22-19(25)23-9-10-26-17-5-4-15(13-24)11-16(17)12-23/h2-6,11,24H,7-10,12-13H2,1H3,(H,20,21)(H,22,25). The molecule has 0 radical (unpaired) electrons. The molecule has 7 nitrogen and oxygen atoms in total. The number of aryl methyl sites for hydroxylation is 1. The van der Waals surface area contributed by atoms with E-state index in [0.717, 1.165) is 28.3 Å². The Morgan fingerprint density at radius 2 is 2.23 bits per heavy atom. The number of anilines is 1. The zero-order chi connectivity index (χ0) is 18.4. The van der Waals surface area contributed by atoms with E-state index in [4.69, 9.17) is 4.74 Å². The van der Waals surface area contributed by atoms with Crippen LogP contribution in [0.1, 0.15) is 16.7 Å². The SMILES string of the molecule is Cc1cccnc1NCCNC(=O)N1CCOc2ccc(CO)cc2C1. The minimum atomic E-state index is -0.129. The molecule has 26 heavy (non-hydrogen) atoms. The number of fused-ring (bicyclic) bond motifs is 1. The van der Waals surface area contributed by atoms with Crippen molar-refractivity contribution in [1.29, 1.82) is 0 Å². The van der Waals surface area contributed by atoms with Crippen LogP contribution < -0.4 is 15.4 Å². The molecule has 0 atom stereocenters. The normalized spacial score (nSPS) is 13.4. The summed E-state index contributed by atoms with van der Waals surface area (Å²) >= 11 is 0. The Morgan fingerprint density at radius 1 is 1.35 bits per heavy atom. The van der Waals surface area contributed by atoms with Crippen LogP contribution in [0.25, 0.3) is 0 Å². The molecule has 0 bridgehead atoms. The zero-order valence-electron chi connectivity index (χ0n) is 14.9. The van der Waals surface area contributed by atoms with Crippen LogP contribution in [0.4, 0.5) is 10.6 Å². The third-order valence-electron chi connectivity index (χ3n) is 4.28. The smallest absolute Gasteiger partial charge is 0.317 e. The van der Waals surface area contributed by atoms with E-state index < -0.39 is 0 Å². The van der Waals surface area contributed by atoms with Gasteiger partial charge in [-0.3, -0.25) is 0 Å². The highest BCUT2D eigenvalue weighted by Crippen LogP contribution is 2.24. The van der Waals surface area contributed by atoms with E-state index in [-0.39, 0.29) is 12.6 Å². The molecular formula is C19H24N4O3. The van der Waals surface area contributed by atoms with Crippen LogP contribution in [-0.2, 0) is 13.2 Å². The second kappa shape index (κ2) is 8.53. The van der Waals surface area contributed by atoms with Gasteiger partial charge in [-0.2, -0.15) is 0 Å². The minimum Gasteiger partial charge on any atom is -0.491 e. The van der Waals surface area contributed by atoms with Crippen LogP contribution in [0.5, 0.6) is 5.75 Å². The summed E-state index contributed by atoms with van der Waals surface area (Å²) in [6.07, 6.45) is 1.74. The quantitative estimate of drug-likeness (QED) is 0.713. The number of hydrogen-bond donors (Lipinski definition) is 3. The fourth-order valence-electron chi connectivity index (χ4n) is 2.85. The maximum Gasteiger partial charge on any atom is 0.317 e. The van der Waals surface area contributed by atoms with Crippen LogP contribution in [0.15, 0.2) is 36.5 Å². The molecule has 0 spiro atoms. The number of nitrogens with zero attached hydrogens (tertiary/aromatic N) is 2. The molecule has 0 saturated carbocycles. The molecule has 1 aliphatic heterocycles. The summed E-state index contributed by atoms with van der Waals surface area (Å²) in [5.74, 6) is 1.60. The summed E-state index contributed by atoms with van der Waals surface area (Å²) < 4.78 is 5.70. The number of ether oxygens (including phenoxy) is 1. The van der Waals surface area contributed by atoms with Crippen molar-refractivity contribution in [3.63, 3.8) is 0 Å². The van der Waals surface area contributed by atoms with Crippen molar-refractivity contribution in [2.45, 2.75) is 20.1 Å². The number of amides is 2. The number of aliphatic hydroxyl groups is 1.